The van der Waals surface area contributed by atoms with Gasteiger partial charge in [-0.15, -0.1) is 0 Å². The molecule has 5 rings (SSSR count). The number of nitrogens with zero attached hydrogens (tertiary/aromatic N) is 3. The minimum Gasteiger partial charge on any atom is -0.490 e. The van der Waals surface area contributed by atoms with Crippen molar-refractivity contribution < 1.29 is 19.4 Å². The number of benzene rings is 2. The second-order valence-electron chi connectivity index (χ2n) is 9.92. The molecule has 1 fully saturated rings. The van der Waals surface area contributed by atoms with Crippen LogP contribution in [0.1, 0.15) is 37.8 Å². The number of aryl methyl sites for hydroxylation is 1. The summed E-state index contributed by atoms with van der Waals surface area (Å²) in [5.41, 5.74) is 3.94. The van der Waals surface area contributed by atoms with Crippen LogP contribution in [0.25, 0.3) is 11.3 Å². The monoisotopic (exact) mass is 498 g/mol. The van der Waals surface area contributed by atoms with Crippen molar-refractivity contribution in [3.05, 3.63) is 90.4 Å². The van der Waals surface area contributed by atoms with Gasteiger partial charge >= 0.3 is 6.09 Å². The first-order valence-corrected chi connectivity index (χ1v) is 12.3. The normalized spacial score (nSPS) is 17.1. The van der Waals surface area contributed by atoms with E-state index in [4.69, 9.17) is 14.6 Å². The number of hydrogen-bond acceptors (Lipinski definition) is 5. The molecule has 0 unspecified atom stereocenters. The molecule has 0 bridgehead atoms. The largest absolute Gasteiger partial charge is 0.490 e. The van der Waals surface area contributed by atoms with Crippen LogP contribution in [0.4, 0.5) is 4.79 Å². The zero-order valence-corrected chi connectivity index (χ0v) is 21.1. The highest BCUT2D eigenvalue weighted by Crippen LogP contribution is 2.35. The lowest BCUT2D eigenvalue weighted by atomic mass is 9.78. The Bertz CT molecular complexity index is 1360. The van der Waals surface area contributed by atoms with E-state index in [1.807, 2.05) is 49.6 Å². The second kappa shape index (κ2) is 9.97. The molecule has 1 aliphatic carbocycles. The highest BCUT2D eigenvalue weighted by molar-refractivity contribution is 5.65. The van der Waals surface area contributed by atoms with E-state index in [2.05, 4.69) is 53.5 Å². The van der Waals surface area contributed by atoms with Crippen LogP contribution in [-0.2, 0) is 12.5 Å². The van der Waals surface area contributed by atoms with E-state index < -0.39 is 6.09 Å². The second-order valence-corrected chi connectivity index (χ2v) is 9.92. The van der Waals surface area contributed by atoms with Gasteiger partial charge in [0.15, 0.2) is 0 Å². The summed E-state index contributed by atoms with van der Waals surface area (Å²) in [7, 11) is 1.88. The molecule has 0 spiro atoms. The minimum absolute atomic E-state index is 0.0184. The number of ether oxygens (including phenoxy) is 2. The topological polar surface area (TPSA) is 98.5 Å². The van der Waals surface area contributed by atoms with Crippen molar-refractivity contribution >= 4 is 6.09 Å². The maximum Gasteiger partial charge on any atom is 0.404 e. The van der Waals surface area contributed by atoms with Gasteiger partial charge in [0.1, 0.15) is 23.4 Å². The van der Waals surface area contributed by atoms with Gasteiger partial charge in [-0.3, -0.25) is 9.67 Å². The quantitative estimate of drug-likeness (QED) is 0.320. The van der Waals surface area contributed by atoms with Crippen LogP contribution < -0.4 is 14.8 Å². The summed E-state index contributed by atoms with van der Waals surface area (Å²) in [6.07, 6.45) is 5.88. The lowest BCUT2D eigenvalue weighted by Gasteiger charge is -2.35. The third-order valence-corrected chi connectivity index (χ3v) is 6.85. The average molecular weight is 499 g/mol. The number of carboxylic acid groups (broad SMARTS) is 1. The van der Waals surface area contributed by atoms with E-state index in [1.165, 1.54) is 11.1 Å². The first-order chi connectivity index (χ1) is 17.8. The lowest BCUT2D eigenvalue weighted by Crippen LogP contribution is -2.48. The molecule has 0 saturated heterocycles. The molecule has 0 radical (unpaired) electrons. The summed E-state index contributed by atoms with van der Waals surface area (Å²) in [6.45, 7) is 4.38. The third kappa shape index (κ3) is 5.58. The van der Waals surface area contributed by atoms with E-state index in [0.717, 1.165) is 22.8 Å². The van der Waals surface area contributed by atoms with Gasteiger partial charge < -0.3 is 19.9 Å². The number of aromatic nitrogens is 3. The molecule has 1 saturated carbocycles. The fraction of sp³-hybridized carbons (Fsp3) is 0.276. The van der Waals surface area contributed by atoms with Crippen LogP contribution in [-0.4, -0.2) is 38.1 Å². The fourth-order valence-corrected chi connectivity index (χ4v) is 4.50. The fourth-order valence-electron chi connectivity index (χ4n) is 4.50. The van der Waals surface area contributed by atoms with Crippen LogP contribution in [0.3, 0.4) is 0 Å². The van der Waals surface area contributed by atoms with Gasteiger partial charge in [0.05, 0.1) is 18.1 Å². The molecule has 1 amide bonds. The van der Waals surface area contributed by atoms with E-state index >= 15 is 0 Å². The zero-order valence-electron chi connectivity index (χ0n) is 21.1. The molecule has 2 aromatic heterocycles. The highest BCUT2D eigenvalue weighted by Gasteiger charge is 2.32. The van der Waals surface area contributed by atoms with Crippen LogP contribution >= 0.6 is 0 Å². The summed E-state index contributed by atoms with van der Waals surface area (Å²) < 4.78 is 13.7. The van der Waals surface area contributed by atoms with Gasteiger partial charge in [-0.1, -0.05) is 38.1 Å². The van der Waals surface area contributed by atoms with Crippen LogP contribution in [0, 0.1) is 0 Å². The van der Waals surface area contributed by atoms with Crippen LogP contribution in [0.2, 0.25) is 0 Å². The Kier molecular flexibility index (Phi) is 6.56. The average Bonchev–Trinajstić information content (AvgIpc) is 3.30. The predicted octanol–water partition coefficient (Wildman–Crippen LogP) is 5.78. The summed E-state index contributed by atoms with van der Waals surface area (Å²) in [6, 6.07) is 20.1. The Morgan fingerprint density at radius 3 is 2.11 bits per heavy atom. The van der Waals surface area contributed by atoms with Crippen LogP contribution in [0.5, 0.6) is 17.2 Å². The molecule has 37 heavy (non-hydrogen) atoms. The minimum atomic E-state index is -0.984. The van der Waals surface area contributed by atoms with E-state index in [9.17, 15) is 4.79 Å². The Labute approximate surface area is 215 Å². The summed E-state index contributed by atoms with van der Waals surface area (Å²) in [5.74, 6) is 2.22. The molecule has 190 valence electrons. The molecule has 2 aromatic carbocycles. The van der Waals surface area contributed by atoms with E-state index in [1.54, 1.807) is 17.1 Å². The van der Waals surface area contributed by atoms with Crippen molar-refractivity contribution in [1.82, 2.24) is 20.1 Å². The number of rotatable bonds is 8. The van der Waals surface area contributed by atoms with Gasteiger partial charge in [-0.05, 0) is 47.5 Å². The number of amides is 1. The number of pyridine rings is 1. The summed E-state index contributed by atoms with van der Waals surface area (Å²) >= 11 is 0. The maximum absolute atomic E-state index is 10.7. The summed E-state index contributed by atoms with van der Waals surface area (Å²) in [5, 5.41) is 15.5. The van der Waals surface area contributed by atoms with Crippen molar-refractivity contribution in [1.29, 1.82) is 0 Å². The van der Waals surface area contributed by atoms with Gasteiger partial charge in [-0.25, -0.2) is 4.79 Å². The highest BCUT2D eigenvalue weighted by atomic mass is 16.5. The van der Waals surface area contributed by atoms with Gasteiger partial charge in [0.2, 0.25) is 0 Å². The lowest BCUT2D eigenvalue weighted by molar-refractivity contribution is 0.0833. The molecular weight excluding hydrogens is 468 g/mol. The molecule has 2 heterocycles. The first-order valence-electron chi connectivity index (χ1n) is 12.3. The molecule has 1 aliphatic rings. The Morgan fingerprint density at radius 2 is 1.57 bits per heavy atom. The van der Waals surface area contributed by atoms with Crippen molar-refractivity contribution in [2.24, 2.45) is 7.05 Å². The van der Waals surface area contributed by atoms with Gasteiger partial charge in [-0.2, -0.15) is 5.10 Å². The Hall–Kier alpha value is -4.33. The summed E-state index contributed by atoms with van der Waals surface area (Å²) in [4.78, 5) is 15.2. The number of carbonyl (C=O) groups is 1. The third-order valence-electron chi connectivity index (χ3n) is 6.85. The van der Waals surface area contributed by atoms with Crippen molar-refractivity contribution in [2.45, 2.75) is 44.2 Å². The molecule has 2 N–H and O–H groups in total. The SMILES string of the molecule is Cn1cc(-c2ccc(Oc3ccc(C(C)(C)c4ccc(O[C@H]5C[C@H](NC(=O)O)C5)cc4)cc3)cn2)cn1. The Morgan fingerprint density at radius 1 is 0.946 bits per heavy atom. The number of nitrogens with one attached hydrogen (secondary N) is 1. The molecule has 4 aromatic rings. The van der Waals surface area contributed by atoms with Crippen molar-refractivity contribution in [2.75, 3.05) is 0 Å². The molecule has 0 atom stereocenters. The predicted molar refractivity (Wildman–Crippen MR) is 140 cm³/mol. The standard InChI is InChI=1S/C29H30N4O4/c1-29(2,21-6-10-24(11-7-21)37-26-14-22(15-26)32-28(34)35)20-4-8-23(9-5-20)36-25-12-13-27(30-17-25)19-16-31-33(3)18-19/h4-13,16-18,22,26,32H,14-15H2,1-3H3,(H,34,35)/t22-,26-. The molecule has 0 aliphatic heterocycles. The maximum atomic E-state index is 10.7. The molecule has 8 heteroatoms. The van der Waals surface area contributed by atoms with Gasteiger partial charge in [0.25, 0.3) is 0 Å². The zero-order chi connectivity index (χ0) is 26.0. The van der Waals surface area contributed by atoms with E-state index in [-0.39, 0.29) is 17.6 Å². The van der Waals surface area contributed by atoms with Crippen LogP contribution in [0.15, 0.2) is 79.3 Å². The smallest absolute Gasteiger partial charge is 0.404 e. The molecular formula is C29H30N4O4. The first kappa shape index (κ1) is 24.4. The van der Waals surface area contributed by atoms with Crippen molar-refractivity contribution in [3.8, 4) is 28.5 Å². The van der Waals surface area contributed by atoms with E-state index in [0.29, 0.717) is 18.6 Å². The molecule has 8 nitrogen and oxygen atoms in total. The van der Waals surface area contributed by atoms with Gasteiger partial charge in [0, 0.05) is 43.1 Å². The van der Waals surface area contributed by atoms with Crippen molar-refractivity contribution in [3.63, 3.8) is 0 Å². The number of hydrogen-bond donors (Lipinski definition) is 2. The Balaban J connectivity index is 1.19.